The Morgan fingerprint density at radius 1 is 1.00 bits per heavy atom. The largest absolute Gasteiger partial charge is 0.226 e. The number of hydrogen-bond acceptors (Lipinski definition) is 0. The summed E-state index contributed by atoms with van der Waals surface area (Å²) in [7, 11) is 0. The van der Waals surface area contributed by atoms with Gasteiger partial charge in [0.15, 0.2) is 12.4 Å². The van der Waals surface area contributed by atoms with Crippen molar-refractivity contribution in [3.63, 3.8) is 0 Å². The van der Waals surface area contributed by atoms with Crippen LogP contribution < -0.4 is 4.57 Å². The average molecular weight is 390 g/mol. The van der Waals surface area contributed by atoms with Gasteiger partial charge in [-0.2, -0.15) is 4.57 Å². The third-order valence-electron chi connectivity index (χ3n) is 7.42. The lowest BCUT2D eigenvalue weighted by molar-refractivity contribution is -0.554. The van der Waals surface area contributed by atoms with Gasteiger partial charge < -0.3 is 0 Å². The van der Waals surface area contributed by atoms with E-state index in [1.54, 1.807) is 13.0 Å². The second-order valence-electron chi connectivity index (χ2n) is 9.06. The molecule has 5 rings (SSSR count). The molecule has 1 aromatic heterocycles. The first-order valence-electron chi connectivity index (χ1n) is 10.5. The van der Waals surface area contributed by atoms with E-state index < -0.39 is 5.41 Å². The summed E-state index contributed by atoms with van der Waals surface area (Å²) >= 11 is 0. The maximum absolute atomic E-state index is 15.4. The lowest BCUT2D eigenvalue weighted by Crippen LogP contribution is -2.35. The zero-order chi connectivity index (χ0) is 20.7. The monoisotopic (exact) mass is 390 g/mol. The predicted octanol–water partition coefficient (Wildman–Crippen LogP) is 6.56. The lowest BCUT2D eigenvalue weighted by atomic mass is 9.64. The van der Waals surface area contributed by atoms with Gasteiger partial charge in [0.1, 0.15) is 11.6 Å². The van der Waals surface area contributed by atoms with Crippen molar-refractivity contribution in [2.45, 2.75) is 58.3 Å². The van der Waals surface area contributed by atoms with E-state index in [-0.39, 0.29) is 17.0 Å². The Balaban J connectivity index is 2.11. The zero-order valence-electron chi connectivity index (χ0n) is 17.7. The van der Waals surface area contributed by atoms with Crippen molar-refractivity contribution in [1.82, 2.24) is 0 Å². The molecule has 3 aromatic rings. The van der Waals surface area contributed by atoms with E-state index in [0.29, 0.717) is 10.9 Å². The van der Waals surface area contributed by atoms with Crippen LogP contribution >= 0.6 is 0 Å². The number of halogens is 2. The summed E-state index contributed by atoms with van der Waals surface area (Å²) in [5, 5.41) is 1.53. The fourth-order valence-corrected chi connectivity index (χ4v) is 5.62. The number of benzene rings is 2. The molecule has 1 nitrogen and oxygen atoms in total. The summed E-state index contributed by atoms with van der Waals surface area (Å²) in [6.07, 6.45) is 8.09. The van der Waals surface area contributed by atoms with Gasteiger partial charge in [-0.1, -0.05) is 39.8 Å². The predicted molar refractivity (Wildman–Crippen MR) is 114 cm³/mol. The minimum absolute atomic E-state index is 0.174. The zero-order valence-corrected chi connectivity index (χ0v) is 17.7. The van der Waals surface area contributed by atoms with Crippen molar-refractivity contribution < 1.29 is 13.3 Å². The van der Waals surface area contributed by atoms with Crippen LogP contribution in [0.15, 0.2) is 36.5 Å². The van der Waals surface area contributed by atoms with Gasteiger partial charge in [-0.3, -0.25) is 0 Å². The Hall–Kier alpha value is -2.55. The molecule has 0 spiro atoms. The molecule has 0 atom stereocenters. The second-order valence-corrected chi connectivity index (χ2v) is 9.06. The van der Waals surface area contributed by atoms with E-state index in [0.717, 1.165) is 46.2 Å². The summed E-state index contributed by atoms with van der Waals surface area (Å²) in [6.45, 7) is 10.3. The number of rotatable bonds is 2. The summed E-state index contributed by atoms with van der Waals surface area (Å²) < 4.78 is 32.7. The summed E-state index contributed by atoms with van der Waals surface area (Å²) in [4.78, 5) is 0. The van der Waals surface area contributed by atoms with Gasteiger partial charge in [-0.15, -0.1) is 0 Å². The molecule has 0 fully saturated rings. The van der Waals surface area contributed by atoms with Gasteiger partial charge in [0, 0.05) is 27.8 Å². The number of aryl methyl sites for hydroxylation is 1. The van der Waals surface area contributed by atoms with Gasteiger partial charge >= 0.3 is 0 Å². The molecule has 0 radical (unpaired) electrons. The third-order valence-corrected chi connectivity index (χ3v) is 7.42. The number of nitrogens with zero attached hydrogens (tertiary/aromatic N) is 1. The normalized spacial score (nSPS) is 17.5. The molecule has 1 aliphatic carbocycles. The first-order chi connectivity index (χ1) is 13.8. The Morgan fingerprint density at radius 3 is 2.41 bits per heavy atom. The SMILES string of the molecule is CCC1(CC)C=C[n+]2ccc3c(F)c(C)cc4c3c2-c2c1ccc(F)c2C4(C)C. The van der Waals surface area contributed by atoms with Crippen LogP contribution in [-0.4, -0.2) is 0 Å². The minimum Gasteiger partial charge on any atom is -0.207 e. The maximum atomic E-state index is 15.4. The number of hydrogen-bond donors (Lipinski definition) is 0. The summed E-state index contributed by atoms with van der Waals surface area (Å²) in [6, 6.07) is 7.35. The van der Waals surface area contributed by atoms with Gasteiger partial charge in [0.05, 0.1) is 10.9 Å². The van der Waals surface area contributed by atoms with E-state index >= 15 is 8.78 Å². The highest BCUT2D eigenvalue weighted by Gasteiger charge is 2.45. The molecule has 0 amide bonds. The molecular weight excluding hydrogens is 364 g/mol. The molecule has 0 saturated heterocycles. The van der Waals surface area contributed by atoms with Gasteiger partial charge in [-0.25, -0.2) is 8.78 Å². The van der Waals surface area contributed by atoms with Gasteiger partial charge in [0.25, 0.3) is 0 Å². The lowest BCUT2D eigenvalue weighted by Gasteiger charge is -2.37. The van der Waals surface area contributed by atoms with Crippen molar-refractivity contribution in [3.8, 4) is 11.3 Å². The molecule has 1 aliphatic heterocycles. The molecule has 0 unspecified atom stereocenters. The molecule has 2 aliphatic rings. The van der Waals surface area contributed by atoms with Crippen LogP contribution in [0.25, 0.3) is 28.2 Å². The van der Waals surface area contributed by atoms with Crippen LogP contribution in [0.5, 0.6) is 0 Å². The van der Waals surface area contributed by atoms with E-state index in [9.17, 15) is 0 Å². The molecule has 2 heterocycles. The second kappa shape index (κ2) is 5.75. The fraction of sp³-hybridized carbons (Fsp3) is 0.346. The van der Waals surface area contributed by atoms with E-state index in [2.05, 4.69) is 44.5 Å². The van der Waals surface area contributed by atoms with Crippen molar-refractivity contribution in [1.29, 1.82) is 0 Å². The first kappa shape index (κ1) is 18.5. The highest BCUT2D eigenvalue weighted by Crippen LogP contribution is 2.53. The fourth-order valence-electron chi connectivity index (χ4n) is 5.62. The Kier molecular flexibility index (Phi) is 3.66. The maximum Gasteiger partial charge on any atom is 0.226 e. The minimum atomic E-state index is -0.560. The molecule has 3 heteroatoms. The number of allylic oxidation sites excluding steroid dienone is 1. The molecule has 2 aromatic carbocycles. The Bertz CT molecular complexity index is 1230. The average Bonchev–Trinajstić information content (AvgIpc) is 2.84. The quantitative estimate of drug-likeness (QED) is 0.436. The molecule has 0 saturated carbocycles. The van der Waals surface area contributed by atoms with Crippen LogP contribution in [0, 0.1) is 18.6 Å². The van der Waals surface area contributed by atoms with Crippen LogP contribution in [0.3, 0.4) is 0 Å². The summed E-state index contributed by atoms with van der Waals surface area (Å²) in [5.41, 5.74) is 4.60. The van der Waals surface area contributed by atoms with Crippen LogP contribution in [-0.2, 0) is 10.8 Å². The topological polar surface area (TPSA) is 3.88 Å². The molecular formula is C26H26F2N+. The van der Waals surface area contributed by atoms with Crippen LogP contribution in [0.1, 0.15) is 62.8 Å². The molecule has 148 valence electrons. The number of pyridine rings is 1. The van der Waals surface area contributed by atoms with Crippen LogP contribution in [0.2, 0.25) is 0 Å². The van der Waals surface area contributed by atoms with Crippen molar-refractivity contribution in [3.05, 3.63) is 70.4 Å². The van der Waals surface area contributed by atoms with Crippen molar-refractivity contribution in [2.75, 3.05) is 0 Å². The van der Waals surface area contributed by atoms with Gasteiger partial charge in [-0.05, 0) is 48.6 Å². The molecule has 29 heavy (non-hydrogen) atoms. The highest BCUT2D eigenvalue weighted by atomic mass is 19.1. The first-order valence-corrected chi connectivity index (χ1v) is 10.5. The Labute approximate surface area is 170 Å². The van der Waals surface area contributed by atoms with E-state index in [1.165, 1.54) is 0 Å². The molecule has 0 N–H and O–H groups in total. The third kappa shape index (κ3) is 2.11. The van der Waals surface area contributed by atoms with E-state index in [1.807, 2.05) is 24.4 Å². The van der Waals surface area contributed by atoms with E-state index in [4.69, 9.17) is 0 Å². The smallest absolute Gasteiger partial charge is 0.207 e. The van der Waals surface area contributed by atoms with Crippen molar-refractivity contribution in [2.24, 2.45) is 0 Å². The van der Waals surface area contributed by atoms with Gasteiger partial charge in [0.2, 0.25) is 5.69 Å². The number of aromatic nitrogens is 1. The highest BCUT2D eigenvalue weighted by molar-refractivity contribution is 6.02. The Morgan fingerprint density at radius 2 is 1.72 bits per heavy atom. The van der Waals surface area contributed by atoms with Crippen LogP contribution in [0.4, 0.5) is 8.78 Å². The standard InChI is InChI=1S/C26H26F2N/c1-6-26(7-2)11-13-29-12-10-16-20-18(14-15(3)23(16)28)25(4,5)22-19(27)9-8-17(26)21(22)24(20)29/h8-14H,6-7H2,1-5H3/q+1. The molecule has 0 bridgehead atoms. The van der Waals surface area contributed by atoms with Crippen molar-refractivity contribution >= 4 is 17.0 Å². The summed E-state index contributed by atoms with van der Waals surface area (Å²) in [5.74, 6) is -0.372.